The third kappa shape index (κ3) is 3.83. The molecule has 0 N–H and O–H groups in total. The van der Waals surface area contributed by atoms with Crippen LogP contribution >= 0.6 is 22.5 Å². The lowest BCUT2D eigenvalue weighted by Gasteiger charge is -2.40. The summed E-state index contributed by atoms with van der Waals surface area (Å²) in [6.07, 6.45) is 7.08. The Labute approximate surface area is 109 Å². The number of piperidine rings is 2. The maximum atomic E-state index is 4.20. The highest BCUT2D eigenvalue weighted by Gasteiger charge is 2.24. The predicted molar refractivity (Wildman–Crippen MR) is 76.3 cm³/mol. The number of nitrogens with zero attached hydrogens (tertiary/aromatic N) is 2. The van der Waals surface area contributed by atoms with Gasteiger partial charge in [-0.15, -0.1) is 11.7 Å². The van der Waals surface area contributed by atoms with Crippen LogP contribution in [-0.2, 0) is 0 Å². The van der Waals surface area contributed by atoms with Crippen LogP contribution in [0.5, 0.6) is 0 Å². The number of likely N-dealkylation sites (tertiary alicyclic amines) is 2. The first-order valence-electron chi connectivity index (χ1n) is 6.63. The van der Waals surface area contributed by atoms with E-state index >= 15 is 0 Å². The van der Waals surface area contributed by atoms with Gasteiger partial charge in [-0.1, -0.05) is 17.2 Å². The van der Waals surface area contributed by atoms with Gasteiger partial charge in [0.05, 0.1) is 0 Å². The minimum atomic E-state index is 0.889. The second kappa shape index (κ2) is 7.14. The van der Waals surface area contributed by atoms with Gasteiger partial charge in [0.15, 0.2) is 0 Å². The highest BCUT2D eigenvalue weighted by molar-refractivity contribution is 8.68. The van der Waals surface area contributed by atoms with Gasteiger partial charge < -0.3 is 9.80 Å². The fraction of sp³-hybridized carbons (Fsp3) is 1.00. The Morgan fingerprint density at radius 2 is 1.69 bits per heavy atom. The summed E-state index contributed by atoms with van der Waals surface area (Å²) in [5.74, 6) is 1.16. The van der Waals surface area contributed by atoms with Crippen LogP contribution in [0.2, 0.25) is 0 Å². The van der Waals surface area contributed by atoms with Crippen LogP contribution in [0.3, 0.4) is 0 Å². The Kier molecular flexibility index (Phi) is 5.83. The van der Waals surface area contributed by atoms with Crippen molar-refractivity contribution in [2.75, 3.05) is 38.5 Å². The van der Waals surface area contributed by atoms with Crippen molar-refractivity contribution in [2.45, 2.75) is 38.1 Å². The molecule has 2 aliphatic rings. The molecule has 0 unspecified atom stereocenters. The minimum Gasteiger partial charge on any atom is -0.302 e. The van der Waals surface area contributed by atoms with E-state index in [1.807, 2.05) is 0 Å². The molecule has 4 heteroatoms. The summed E-state index contributed by atoms with van der Waals surface area (Å²) in [7, 11) is 1.67. The lowest BCUT2D eigenvalue weighted by molar-refractivity contribution is 0.0954. The van der Waals surface area contributed by atoms with Crippen molar-refractivity contribution < 1.29 is 0 Å². The highest BCUT2D eigenvalue weighted by atomic mass is 33.1. The van der Waals surface area contributed by atoms with Crippen molar-refractivity contribution in [1.82, 2.24) is 9.80 Å². The summed E-state index contributed by atoms with van der Waals surface area (Å²) in [5.41, 5.74) is 0. The van der Waals surface area contributed by atoms with E-state index in [0.717, 1.165) is 11.8 Å². The molecule has 0 radical (unpaired) electrons. The van der Waals surface area contributed by atoms with Gasteiger partial charge in [-0.3, -0.25) is 0 Å². The van der Waals surface area contributed by atoms with E-state index < -0.39 is 0 Å². The molecular formula is C12H24N2S2. The standard InChI is InChI=1S/C12H24N2S2/c15-16-11-10-13-8-4-12(5-9-13)14-6-2-1-3-7-14/h12,15H,1-11H2. The Bertz CT molecular complexity index is 187. The predicted octanol–water partition coefficient (Wildman–Crippen LogP) is 2.51. The van der Waals surface area contributed by atoms with Crippen molar-refractivity contribution in [3.8, 4) is 0 Å². The first-order chi connectivity index (χ1) is 7.90. The Hall–Kier alpha value is 0.620. The molecule has 0 bridgehead atoms. The van der Waals surface area contributed by atoms with Crippen LogP contribution in [0.15, 0.2) is 0 Å². The largest absolute Gasteiger partial charge is 0.302 e. The molecule has 2 heterocycles. The van der Waals surface area contributed by atoms with Crippen LogP contribution in [-0.4, -0.2) is 54.3 Å². The zero-order valence-corrected chi connectivity index (χ0v) is 11.8. The molecule has 2 nitrogen and oxygen atoms in total. The van der Waals surface area contributed by atoms with Gasteiger partial charge in [-0.05, 0) is 51.9 Å². The minimum absolute atomic E-state index is 0.889. The van der Waals surface area contributed by atoms with E-state index in [-0.39, 0.29) is 0 Å². The zero-order chi connectivity index (χ0) is 11.2. The molecule has 2 saturated heterocycles. The molecule has 0 amide bonds. The van der Waals surface area contributed by atoms with Crippen LogP contribution in [0, 0.1) is 0 Å². The number of hydrogen-bond acceptors (Lipinski definition) is 4. The molecule has 94 valence electrons. The van der Waals surface area contributed by atoms with E-state index in [1.54, 1.807) is 10.8 Å². The van der Waals surface area contributed by atoms with Gasteiger partial charge >= 0.3 is 0 Å². The monoisotopic (exact) mass is 260 g/mol. The maximum absolute atomic E-state index is 4.20. The van der Waals surface area contributed by atoms with Gasteiger partial charge in [0.25, 0.3) is 0 Å². The summed E-state index contributed by atoms with van der Waals surface area (Å²) in [4.78, 5) is 5.35. The lowest BCUT2D eigenvalue weighted by Crippen LogP contribution is -2.47. The summed E-state index contributed by atoms with van der Waals surface area (Å²) >= 11 is 4.20. The molecule has 0 spiro atoms. The van der Waals surface area contributed by atoms with Crippen molar-refractivity contribution in [1.29, 1.82) is 0 Å². The summed E-state index contributed by atoms with van der Waals surface area (Å²) in [6, 6.07) is 0.889. The van der Waals surface area contributed by atoms with Gasteiger partial charge in [0.2, 0.25) is 0 Å². The molecular weight excluding hydrogens is 236 g/mol. The molecule has 0 atom stereocenters. The van der Waals surface area contributed by atoms with E-state index in [4.69, 9.17) is 0 Å². The third-order valence-electron chi connectivity index (χ3n) is 3.96. The van der Waals surface area contributed by atoms with Crippen molar-refractivity contribution >= 4 is 22.5 Å². The maximum Gasteiger partial charge on any atom is 0.0162 e. The molecule has 0 aromatic heterocycles. The molecule has 2 fully saturated rings. The molecule has 0 aromatic rings. The molecule has 0 aliphatic carbocycles. The quantitative estimate of drug-likeness (QED) is 0.613. The van der Waals surface area contributed by atoms with Gasteiger partial charge in [-0.25, -0.2) is 0 Å². The number of rotatable bonds is 4. The zero-order valence-electron chi connectivity index (χ0n) is 10.1. The van der Waals surface area contributed by atoms with Gasteiger partial charge in [-0.2, -0.15) is 0 Å². The van der Waals surface area contributed by atoms with Crippen molar-refractivity contribution in [2.24, 2.45) is 0 Å². The van der Waals surface area contributed by atoms with Crippen molar-refractivity contribution in [3.63, 3.8) is 0 Å². The molecule has 0 saturated carbocycles. The molecule has 2 aliphatic heterocycles. The lowest BCUT2D eigenvalue weighted by atomic mass is 10.00. The first kappa shape index (κ1) is 13.1. The van der Waals surface area contributed by atoms with Crippen molar-refractivity contribution in [3.05, 3.63) is 0 Å². The van der Waals surface area contributed by atoms with E-state index in [1.165, 1.54) is 64.8 Å². The number of thiol groups is 1. The smallest absolute Gasteiger partial charge is 0.0162 e. The Morgan fingerprint density at radius 1 is 1.00 bits per heavy atom. The second-order valence-corrected chi connectivity index (χ2v) is 6.44. The normalized spacial score (nSPS) is 26.1. The number of hydrogen-bond donors (Lipinski definition) is 1. The van der Waals surface area contributed by atoms with Gasteiger partial charge in [0.1, 0.15) is 0 Å². The second-order valence-electron chi connectivity index (χ2n) is 5.00. The average Bonchev–Trinajstić information content (AvgIpc) is 2.38. The summed E-state index contributed by atoms with van der Waals surface area (Å²) in [6.45, 7) is 6.54. The average molecular weight is 260 g/mol. The Morgan fingerprint density at radius 3 is 2.31 bits per heavy atom. The SMILES string of the molecule is SSCCN1CCC(N2CCCCC2)CC1. The summed E-state index contributed by atoms with van der Waals surface area (Å²) in [5, 5.41) is 0. The fourth-order valence-corrected chi connectivity index (χ4v) is 3.55. The fourth-order valence-electron chi connectivity index (χ4n) is 2.96. The van der Waals surface area contributed by atoms with E-state index in [9.17, 15) is 0 Å². The third-order valence-corrected chi connectivity index (χ3v) is 4.88. The summed E-state index contributed by atoms with van der Waals surface area (Å²) < 4.78 is 0. The van der Waals surface area contributed by atoms with E-state index in [0.29, 0.717) is 0 Å². The molecule has 2 rings (SSSR count). The van der Waals surface area contributed by atoms with Gasteiger partial charge in [0, 0.05) is 18.3 Å². The van der Waals surface area contributed by atoms with Crippen LogP contribution in [0.4, 0.5) is 0 Å². The van der Waals surface area contributed by atoms with Crippen LogP contribution < -0.4 is 0 Å². The van der Waals surface area contributed by atoms with Crippen LogP contribution in [0.1, 0.15) is 32.1 Å². The molecule has 16 heavy (non-hydrogen) atoms. The highest BCUT2D eigenvalue weighted by Crippen LogP contribution is 2.21. The van der Waals surface area contributed by atoms with E-state index in [2.05, 4.69) is 21.5 Å². The Balaban J connectivity index is 1.67. The van der Waals surface area contributed by atoms with Crippen LogP contribution in [0.25, 0.3) is 0 Å². The topological polar surface area (TPSA) is 6.48 Å². The first-order valence-corrected chi connectivity index (χ1v) is 8.67. The molecule has 0 aromatic carbocycles.